The number of hydrogen-bond acceptors (Lipinski definition) is 10. The topological polar surface area (TPSA) is 100 Å². The van der Waals surface area contributed by atoms with Crippen molar-refractivity contribution in [1.29, 1.82) is 0 Å². The lowest BCUT2D eigenvalue weighted by Crippen LogP contribution is -2.48. The van der Waals surface area contributed by atoms with Crippen LogP contribution in [0.15, 0.2) is 66.7 Å². The smallest absolute Gasteiger partial charge is 0.342 e. The predicted molar refractivity (Wildman–Crippen MR) is 240 cm³/mol. The van der Waals surface area contributed by atoms with Gasteiger partial charge in [-0.15, -0.1) is 0 Å². The molecule has 0 radical (unpaired) electrons. The lowest BCUT2D eigenvalue weighted by Gasteiger charge is -2.42. The number of hydrogen-bond donors (Lipinski definition) is 0. The molecular weight excluding hydrogens is 781 g/mol. The maximum Gasteiger partial charge on any atom is 0.342 e. The second-order valence-electron chi connectivity index (χ2n) is 18.0. The molecular formula is C47H70O10Si2. The van der Waals surface area contributed by atoms with Crippen LogP contribution in [0, 0.1) is 0 Å². The van der Waals surface area contributed by atoms with Gasteiger partial charge in [-0.05, 0) is 74.5 Å². The van der Waals surface area contributed by atoms with Crippen LogP contribution in [0.1, 0.15) is 86.7 Å². The first-order valence-electron chi connectivity index (χ1n) is 20.9. The average Bonchev–Trinajstić information content (AvgIpc) is 3.19. The largest absolute Gasteiger partial charge is 0.497 e. The van der Waals surface area contributed by atoms with E-state index < -0.39 is 40.9 Å². The Morgan fingerprint density at radius 3 is 2.10 bits per heavy atom. The molecule has 0 aromatic heterocycles. The summed E-state index contributed by atoms with van der Waals surface area (Å²) in [6, 6.07) is 20.4. The number of methoxy groups -OCH3 is 4. The zero-order chi connectivity index (χ0) is 43.4. The van der Waals surface area contributed by atoms with Crippen molar-refractivity contribution in [2.45, 2.75) is 135 Å². The number of carbonyl (C=O) groups is 1. The van der Waals surface area contributed by atoms with Crippen molar-refractivity contribution < 1.29 is 47.1 Å². The van der Waals surface area contributed by atoms with Gasteiger partial charge in [-0.2, -0.15) is 0 Å². The Labute approximate surface area is 356 Å². The summed E-state index contributed by atoms with van der Waals surface area (Å²) in [4.78, 5) is 13.8. The number of esters is 1. The number of carbonyl (C=O) groups excluding carboxylic acids is 1. The molecule has 10 nitrogen and oxygen atoms in total. The van der Waals surface area contributed by atoms with Crippen LogP contribution in [-0.2, 0) is 30.0 Å². The van der Waals surface area contributed by atoms with Crippen molar-refractivity contribution in [2.24, 2.45) is 0 Å². The molecule has 326 valence electrons. The summed E-state index contributed by atoms with van der Waals surface area (Å²) in [5.41, 5.74) is 2.70. The highest BCUT2D eigenvalue weighted by molar-refractivity contribution is 6.76. The zero-order valence-electron chi connectivity index (χ0n) is 37.8. The normalized spacial score (nSPS) is 19.3. The Bertz CT molecular complexity index is 1780. The maximum absolute atomic E-state index is 13.8. The van der Waals surface area contributed by atoms with Crippen molar-refractivity contribution in [2.75, 3.05) is 35.0 Å². The van der Waals surface area contributed by atoms with Crippen LogP contribution in [0.2, 0.25) is 43.8 Å². The third-order valence-corrected chi connectivity index (χ3v) is 17.5. The molecule has 5 atom stereocenters. The second-order valence-corrected chi connectivity index (χ2v) is 28.4. The van der Waals surface area contributed by atoms with Gasteiger partial charge in [-0.25, -0.2) is 4.79 Å². The van der Waals surface area contributed by atoms with Gasteiger partial charge in [0.15, 0.2) is 26.1 Å². The van der Waals surface area contributed by atoms with E-state index in [2.05, 4.69) is 60.4 Å². The van der Waals surface area contributed by atoms with Gasteiger partial charge in [0, 0.05) is 31.4 Å². The molecule has 1 fully saturated rings. The summed E-state index contributed by atoms with van der Waals surface area (Å²) >= 11 is 0. The van der Waals surface area contributed by atoms with E-state index in [0.29, 0.717) is 42.4 Å². The Kier molecular flexibility index (Phi) is 17.7. The summed E-state index contributed by atoms with van der Waals surface area (Å²) < 4.78 is 55.7. The fraction of sp³-hybridized carbons (Fsp3) is 0.553. The highest BCUT2D eigenvalue weighted by Gasteiger charge is 2.41. The van der Waals surface area contributed by atoms with Crippen molar-refractivity contribution >= 4 is 28.4 Å². The predicted octanol–water partition coefficient (Wildman–Crippen LogP) is 11.3. The molecule has 0 amide bonds. The van der Waals surface area contributed by atoms with Crippen molar-refractivity contribution in [3.05, 3.63) is 89.0 Å². The maximum atomic E-state index is 13.8. The Hall–Kier alpha value is -3.66. The second kappa shape index (κ2) is 21.7. The van der Waals surface area contributed by atoms with Crippen LogP contribution >= 0.6 is 0 Å². The Balaban J connectivity index is 1.69. The van der Waals surface area contributed by atoms with Gasteiger partial charge in [0.1, 0.15) is 23.2 Å². The van der Waals surface area contributed by atoms with Crippen LogP contribution in [0.3, 0.4) is 0 Å². The number of rotatable bonds is 21. The average molecular weight is 851 g/mol. The first kappa shape index (κ1) is 48.0. The van der Waals surface area contributed by atoms with Crippen molar-refractivity contribution in [1.82, 2.24) is 0 Å². The van der Waals surface area contributed by atoms with Gasteiger partial charge in [0.2, 0.25) is 0 Å². The van der Waals surface area contributed by atoms with Gasteiger partial charge in [-0.1, -0.05) is 95.0 Å². The fourth-order valence-electron chi connectivity index (χ4n) is 6.78. The summed E-state index contributed by atoms with van der Waals surface area (Å²) in [6.45, 7) is 21.0. The van der Waals surface area contributed by atoms with E-state index >= 15 is 0 Å². The monoisotopic (exact) mass is 850 g/mol. The molecule has 0 unspecified atom stereocenters. The van der Waals surface area contributed by atoms with E-state index in [9.17, 15) is 4.79 Å². The molecule has 1 saturated heterocycles. The molecule has 4 rings (SSSR count). The van der Waals surface area contributed by atoms with E-state index in [1.165, 1.54) is 7.11 Å². The third kappa shape index (κ3) is 13.7. The fourth-order valence-corrected chi connectivity index (χ4v) is 8.97. The minimum Gasteiger partial charge on any atom is -0.497 e. The highest BCUT2D eigenvalue weighted by atomic mass is 28.4. The summed E-state index contributed by atoms with van der Waals surface area (Å²) in [6.07, 6.45) is 5.21. The zero-order valence-corrected chi connectivity index (χ0v) is 39.8. The first-order chi connectivity index (χ1) is 27.9. The first-order valence-corrected chi connectivity index (χ1v) is 27.5. The molecule has 3 aromatic rings. The summed E-state index contributed by atoms with van der Waals surface area (Å²) in [5.74, 6) is 1.46. The van der Waals surface area contributed by atoms with Crippen LogP contribution in [0.4, 0.5) is 0 Å². The van der Waals surface area contributed by atoms with Gasteiger partial charge in [0.05, 0.1) is 53.9 Å². The van der Waals surface area contributed by atoms with Crippen LogP contribution in [0.5, 0.6) is 23.0 Å². The van der Waals surface area contributed by atoms with E-state index in [1.54, 1.807) is 27.4 Å². The molecule has 0 N–H and O–H groups in total. The molecule has 1 heterocycles. The van der Waals surface area contributed by atoms with E-state index in [0.717, 1.165) is 42.2 Å². The third-order valence-electron chi connectivity index (χ3n) is 11.2. The molecule has 0 bridgehead atoms. The molecule has 59 heavy (non-hydrogen) atoms. The molecule has 0 aliphatic carbocycles. The Morgan fingerprint density at radius 2 is 1.51 bits per heavy atom. The van der Waals surface area contributed by atoms with Crippen molar-refractivity contribution in [3.8, 4) is 23.0 Å². The van der Waals surface area contributed by atoms with E-state index in [-0.39, 0.29) is 22.8 Å². The van der Waals surface area contributed by atoms with Crippen LogP contribution in [-0.4, -0.2) is 81.8 Å². The molecule has 0 spiro atoms. The Morgan fingerprint density at radius 1 is 0.847 bits per heavy atom. The molecule has 0 saturated carbocycles. The van der Waals surface area contributed by atoms with Gasteiger partial charge in [0.25, 0.3) is 0 Å². The molecule has 12 heteroatoms. The minimum absolute atomic E-state index is 0.115. The quantitative estimate of drug-likeness (QED) is 0.0761. The SMILES string of the molecule is COc1ccc(CO[C@H]2[C@H](CCC[C@@H](C)O[Si](C)(C)C(C)(C)C)O[C@H](c3ccccc3)O[C@@H]2C/C=C/c2c(OC)c(OC)cc(OC)c2C(=O)OCC[Si](C)(C)C)cc1. The molecule has 1 aliphatic rings. The lowest BCUT2D eigenvalue weighted by atomic mass is 9.96. The van der Waals surface area contributed by atoms with E-state index in [4.69, 9.17) is 42.3 Å². The molecule has 1 aliphatic heterocycles. The summed E-state index contributed by atoms with van der Waals surface area (Å²) in [7, 11) is 2.91. The number of ether oxygens (including phenoxy) is 8. The molecule has 3 aromatic carbocycles. The summed E-state index contributed by atoms with van der Waals surface area (Å²) in [5, 5.41) is 0.129. The lowest BCUT2D eigenvalue weighted by molar-refractivity contribution is -0.299. The van der Waals surface area contributed by atoms with Crippen LogP contribution < -0.4 is 18.9 Å². The van der Waals surface area contributed by atoms with Crippen molar-refractivity contribution in [3.63, 3.8) is 0 Å². The standard InChI is InChI=1S/C47H70O10Si2/c1-33(57-59(12,13)47(2,3)4)19-17-23-38-44(54-32-34-25-27-36(49-5)28-26-34)39(56-46(55-38)35-20-15-14-16-21-35)24-18-22-37-42(45(48)53-29-30-58(9,10)11)40(50-6)31-41(51-7)43(37)52-8/h14-16,18,20-22,25-28,31,33,38-39,44,46H,17,19,23-24,29-30,32H2,1-13H3/b22-18+/t33-,38+,39-,44+,46+/m1/s1. The van der Waals surface area contributed by atoms with Crippen LogP contribution in [0.25, 0.3) is 6.08 Å². The minimum atomic E-state index is -1.93. The van der Waals surface area contributed by atoms with Gasteiger partial charge < -0.3 is 42.3 Å². The van der Waals surface area contributed by atoms with Gasteiger partial charge >= 0.3 is 5.97 Å². The number of benzene rings is 3. The van der Waals surface area contributed by atoms with E-state index in [1.807, 2.05) is 66.7 Å². The highest BCUT2D eigenvalue weighted by Crippen LogP contribution is 2.42. The van der Waals surface area contributed by atoms with Gasteiger partial charge in [-0.3, -0.25) is 0 Å².